The van der Waals surface area contributed by atoms with Crippen LogP contribution in [0.25, 0.3) is 0 Å². The van der Waals surface area contributed by atoms with Crippen LogP contribution in [0.15, 0.2) is 35.3 Å². The first kappa shape index (κ1) is 12.3. The van der Waals surface area contributed by atoms with Crippen LogP contribution in [0, 0.1) is 0 Å². The average molecular weight is 292 g/mol. The lowest BCUT2D eigenvalue weighted by atomic mass is 10.0. The molecule has 0 saturated heterocycles. The topological polar surface area (TPSA) is 64.4 Å². The van der Waals surface area contributed by atoms with Crippen LogP contribution < -0.4 is 11.5 Å². The number of nitrogens with zero attached hydrogens (tertiary/aromatic N) is 1. The maximum Gasteiger partial charge on any atom is 0.0693 e. The Morgan fingerprint density at radius 2 is 1.68 bits per heavy atom. The van der Waals surface area contributed by atoms with Crippen LogP contribution >= 0.6 is 23.2 Å². The van der Waals surface area contributed by atoms with E-state index in [0.717, 1.165) is 28.9 Å². The molecule has 0 bridgehead atoms. The molecule has 3 rings (SSSR count). The maximum absolute atomic E-state index is 6.05. The zero-order chi connectivity index (χ0) is 13.6. The van der Waals surface area contributed by atoms with Crippen molar-refractivity contribution in [3.8, 4) is 0 Å². The predicted molar refractivity (Wildman–Crippen MR) is 81.6 cm³/mol. The third kappa shape index (κ3) is 2.15. The fourth-order valence-electron chi connectivity index (χ4n) is 2.12. The summed E-state index contributed by atoms with van der Waals surface area (Å²) >= 11 is 12.1. The van der Waals surface area contributed by atoms with Crippen molar-refractivity contribution in [2.75, 3.05) is 11.5 Å². The molecule has 0 radical (unpaired) electrons. The van der Waals surface area contributed by atoms with Crippen LogP contribution in [-0.4, -0.2) is 5.71 Å². The molecule has 0 unspecified atom stereocenters. The third-order valence-electron chi connectivity index (χ3n) is 3.13. The van der Waals surface area contributed by atoms with Gasteiger partial charge >= 0.3 is 0 Å². The molecule has 0 fully saturated rings. The zero-order valence-electron chi connectivity index (χ0n) is 9.95. The van der Waals surface area contributed by atoms with Crippen molar-refractivity contribution in [2.45, 2.75) is 6.42 Å². The lowest BCUT2D eigenvalue weighted by molar-refractivity contribution is 1.39. The number of anilines is 2. The molecule has 0 aromatic heterocycles. The highest BCUT2D eigenvalue weighted by Gasteiger charge is 2.17. The van der Waals surface area contributed by atoms with Crippen LogP contribution in [0.3, 0.4) is 0 Å². The van der Waals surface area contributed by atoms with Gasteiger partial charge in [0.15, 0.2) is 0 Å². The Hall–Kier alpha value is -1.71. The minimum atomic E-state index is 0.396. The van der Waals surface area contributed by atoms with Crippen LogP contribution in [-0.2, 0) is 6.42 Å². The smallest absolute Gasteiger partial charge is 0.0693 e. The molecule has 0 atom stereocenters. The summed E-state index contributed by atoms with van der Waals surface area (Å²) in [6.07, 6.45) is 0.742. The van der Waals surface area contributed by atoms with E-state index < -0.39 is 0 Å². The van der Waals surface area contributed by atoms with E-state index in [1.165, 1.54) is 0 Å². The van der Waals surface area contributed by atoms with Gasteiger partial charge in [-0.05, 0) is 35.4 Å². The third-order valence-corrected chi connectivity index (χ3v) is 3.76. The second kappa shape index (κ2) is 4.44. The van der Waals surface area contributed by atoms with E-state index in [1.807, 2.05) is 18.2 Å². The van der Waals surface area contributed by atoms with E-state index >= 15 is 0 Å². The van der Waals surface area contributed by atoms with E-state index in [0.29, 0.717) is 21.4 Å². The number of hydrogen-bond acceptors (Lipinski definition) is 3. The summed E-state index contributed by atoms with van der Waals surface area (Å²) in [5.74, 6) is 0. The monoisotopic (exact) mass is 291 g/mol. The van der Waals surface area contributed by atoms with Gasteiger partial charge in [-0.25, -0.2) is 0 Å². The Kier molecular flexibility index (Phi) is 2.88. The minimum absolute atomic E-state index is 0.396. The van der Waals surface area contributed by atoms with Gasteiger partial charge < -0.3 is 11.5 Å². The van der Waals surface area contributed by atoms with Crippen molar-refractivity contribution in [1.82, 2.24) is 0 Å². The summed E-state index contributed by atoms with van der Waals surface area (Å²) in [4.78, 5) is 4.57. The van der Waals surface area contributed by atoms with Gasteiger partial charge in [0.25, 0.3) is 0 Å². The summed E-state index contributed by atoms with van der Waals surface area (Å²) in [6, 6.07) is 9.30. The van der Waals surface area contributed by atoms with Crippen molar-refractivity contribution in [1.29, 1.82) is 0 Å². The first-order valence-corrected chi connectivity index (χ1v) is 6.51. The number of aliphatic imine (C=N–C) groups is 1. The fourth-order valence-corrected chi connectivity index (χ4v) is 2.60. The van der Waals surface area contributed by atoms with E-state index in [1.54, 1.807) is 12.1 Å². The first-order chi connectivity index (χ1) is 9.04. The normalized spacial score (nSPS) is 13.3. The largest absolute Gasteiger partial charge is 0.399 e. The predicted octanol–water partition coefficient (Wildman–Crippen LogP) is 3.83. The second-order valence-corrected chi connectivity index (χ2v) is 5.29. The molecule has 0 amide bonds. The molecule has 19 heavy (non-hydrogen) atoms. The number of halogens is 2. The molecule has 2 aromatic rings. The number of fused-ring (bicyclic) bond motifs is 1. The van der Waals surface area contributed by atoms with Crippen LogP contribution in [0.4, 0.5) is 17.1 Å². The van der Waals surface area contributed by atoms with Crippen molar-refractivity contribution >= 4 is 46.0 Å². The van der Waals surface area contributed by atoms with Crippen LogP contribution in [0.5, 0.6) is 0 Å². The molecular weight excluding hydrogens is 281 g/mol. The Bertz CT molecular complexity index is 685. The highest BCUT2D eigenvalue weighted by molar-refractivity contribution is 6.39. The van der Waals surface area contributed by atoms with E-state index in [2.05, 4.69) is 4.99 Å². The Labute approximate surface area is 120 Å². The summed E-state index contributed by atoms with van der Waals surface area (Å²) in [7, 11) is 0. The lowest BCUT2D eigenvalue weighted by Gasteiger charge is -2.06. The van der Waals surface area contributed by atoms with Gasteiger partial charge in [0.2, 0.25) is 0 Å². The van der Waals surface area contributed by atoms with Crippen LogP contribution in [0.2, 0.25) is 10.0 Å². The molecule has 1 aliphatic rings. The molecule has 0 saturated carbocycles. The van der Waals surface area contributed by atoms with Crippen molar-refractivity contribution in [3.05, 3.63) is 51.5 Å². The summed E-state index contributed by atoms with van der Waals surface area (Å²) in [5.41, 5.74) is 16.4. The highest BCUT2D eigenvalue weighted by atomic mass is 35.5. The molecule has 0 aliphatic carbocycles. The van der Waals surface area contributed by atoms with Crippen molar-refractivity contribution in [2.24, 2.45) is 4.99 Å². The highest BCUT2D eigenvalue weighted by Crippen LogP contribution is 2.34. The molecule has 3 nitrogen and oxygen atoms in total. The van der Waals surface area contributed by atoms with Crippen molar-refractivity contribution in [3.63, 3.8) is 0 Å². The van der Waals surface area contributed by atoms with Gasteiger partial charge in [-0.2, -0.15) is 0 Å². The lowest BCUT2D eigenvalue weighted by Crippen LogP contribution is -2.01. The summed E-state index contributed by atoms with van der Waals surface area (Å²) in [6.45, 7) is 0. The summed E-state index contributed by atoms with van der Waals surface area (Å²) in [5, 5.41) is 0.890. The number of rotatable bonds is 1. The van der Waals surface area contributed by atoms with Crippen molar-refractivity contribution < 1.29 is 0 Å². The molecule has 0 spiro atoms. The molecule has 1 aliphatic heterocycles. The minimum Gasteiger partial charge on any atom is -0.399 e. The quantitative estimate of drug-likeness (QED) is 0.784. The van der Waals surface area contributed by atoms with E-state index in [-0.39, 0.29) is 0 Å². The van der Waals surface area contributed by atoms with Gasteiger partial charge in [-0.15, -0.1) is 0 Å². The van der Waals surface area contributed by atoms with Gasteiger partial charge in [0.05, 0.1) is 27.1 Å². The SMILES string of the molecule is Nc1ccc2c(c1)N=C(c1cc(Cl)c(N)c(Cl)c1)C2. The van der Waals surface area contributed by atoms with Gasteiger partial charge in [0, 0.05) is 12.1 Å². The second-order valence-electron chi connectivity index (χ2n) is 4.48. The average Bonchev–Trinajstić information content (AvgIpc) is 2.78. The number of benzene rings is 2. The standard InChI is InChI=1S/C14H11Cl2N3/c15-10-3-8(4-11(16)14(10)18)12-5-7-1-2-9(17)6-13(7)19-12/h1-4,6H,5,17-18H2. The maximum atomic E-state index is 6.05. The molecule has 96 valence electrons. The molecule has 1 heterocycles. The fraction of sp³-hybridized carbons (Fsp3) is 0.0714. The summed E-state index contributed by atoms with van der Waals surface area (Å²) < 4.78 is 0. The van der Waals surface area contributed by atoms with Crippen LogP contribution in [0.1, 0.15) is 11.1 Å². The van der Waals surface area contributed by atoms with Gasteiger partial charge in [-0.1, -0.05) is 29.3 Å². The van der Waals surface area contributed by atoms with Gasteiger partial charge in [0.1, 0.15) is 0 Å². The Morgan fingerprint density at radius 1 is 1.00 bits per heavy atom. The number of nitrogen functional groups attached to an aromatic ring is 2. The Morgan fingerprint density at radius 3 is 2.37 bits per heavy atom. The van der Waals surface area contributed by atoms with Gasteiger partial charge in [-0.3, -0.25) is 4.99 Å². The number of nitrogens with two attached hydrogens (primary N) is 2. The number of hydrogen-bond donors (Lipinski definition) is 2. The molecular formula is C14H11Cl2N3. The molecule has 2 aromatic carbocycles. The Balaban J connectivity index is 2.04. The molecule has 4 N–H and O–H groups in total. The first-order valence-electron chi connectivity index (χ1n) is 5.75. The molecule has 5 heteroatoms. The van der Waals surface area contributed by atoms with E-state index in [4.69, 9.17) is 34.7 Å². The van der Waals surface area contributed by atoms with E-state index in [9.17, 15) is 0 Å². The zero-order valence-corrected chi connectivity index (χ0v) is 11.5.